The first-order valence-corrected chi connectivity index (χ1v) is 10.4. The number of carbonyl (C=O) groups excluding carboxylic acids is 2. The number of nitrogens with one attached hydrogen (secondary N) is 1. The Kier molecular flexibility index (Phi) is 6.37. The lowest BCUT2D eigenvalue weighted by Gasteiger charge is -2.30. The minimum Gasteiger partial charge on any atom is -0.348 e. The summed E-state index contributed by atoms with van der Waals surface area (Å²) in [5, 5.41) is 2.56. The summed E-state index contributed by atoms with van der Waals surface area (Å²) in [5.74, 6) is -4.75. The number of rotatable bonds is 5. The van der Waals surface area contributed by atoms with Crippen LogP contribution in [0.1, 0.15) is 33.5 Å². The van der Waals surface area contributed by atoms with Crippen LogP contribution in [-0.2, 0) is 24.3 Å². The van der Waals surface area contributed by atoms with Crippen LogP contribution in [0, 0.1) is 23.3 Å². The monoisotopic (exact) mass is 476 g/mol. The Hall–Kier alpha value is -3.39. The van der Waals surface area contributed by atoms with Gasteiger partial charge in [-0.1, -0.05) is 23.7 Å². The Labute approximate surface area is 191 Å². The van der Waals surface area contributed by atoms with E-state index in [1.807, 2.05) is 0 Å². The predicted molar refractivity (Wildman–Crippen MR) is 115 cm³/mol. The summed E-state index contributed by atoms with van der Waals surface area (Å²) in [6.07, 6.45) is 0.664. The average Bonchev–Trinajstić information content (AvgIpc) is 2.76. The Balaban J connectivity index is 1.59. The standard InChI is InChI=1S/C24H17ClF4N2O2/c25-18-2-1-3-19(27)17(18)12-31-22-8-14(5-4-13(22)6-7-23(31)32)24(33)30-11-16-20(28)9-15(26)10-21(16)29/h1-5,8-10H,6-7,11-12H2,(H,30,33). The molecule has 0 spiro atoms. The minimum atomic E-state index is -1.11. The topological polar surface area (TPSA) is 49.4 Å². The van der Waals surface area contributed by atoms with Crippen molar-refractivity contribution in [3.8, 4) is 0 Å². The smallest absolute Gasteiger partial charge is 0.251 e. The SMILES string of the molecule is O=C(NCc1c(F)cc(F)cc1F)c1ccc2c(c1)N(Cc1c(F)cccc1Cl)C(=O)CC2. The fourth-order valence-corrected chi connectivity index (χ4v) is 3.93. The second-order valence-electron chi connectivity index (χ2n) is 7.55. The number of hydrogen-bond acceptors (Lipinski definition) is 2. The molecule has 1 aliphatic heterocycles. The maximum Gasteiger partial charge on any atom is 0.251 e. The van der Waals surface area contributed by atoms with E-state index in [-0.39, 0.29) is 35.0 Å². The normalized spacial score (nSPS) is 13.1. The molecule has 0 fully saturated rings. The number of aryl methyl sites for hydroxylation is 1. The van der Waals surface area contributed by atoms with Crippen LogP contribution in [0.5, 0.6) is 0 Å². The molecule has 1 aliphatic rings. The first-order valence-electron chi connectivity index (χ1n) is 10.0. The molecule has 4 nitrogen and oxygen atoms in total. The van der Waals surface area contributed by atoms with E-state index in [2.05, 4.69) is 5.32 Å². The fraction of sp³-hybridized carbons (Fsp3) is 0.167. The van der Waals surface area contributed by atoms with Crippen molar-refractivity contribution in [2.24, 2.45) is 0 Å². The lowest BCUT2D eigenvalue weighted by Crippen LogP contribution is -2.35. The van der Waals surface area contributed by atoms with E-state index in [9.17, 15) is 27.2 Å². The van der Waals surface area contributed by atoms with Crippen LogP contribution in [0.15, 0.2) is 48.5 Å². The predicted octanol–water partition coefficient (Wildman–Crippen LogP) is 5.31. The number of hydrogen-bond donors (Lipinski definition) is 1. The van der Waals surface area contributed by atoms with Crippen LogP contribution in [0.3, 0.4) is 0 Å². The van der Waals surface area contributed by atoms with E-state index < -0.39 is 41.3 Å². The number of amides is 2. The van der Waals surface area contributed by atoms with E-state index in [0.717, 1.165) is 5.56 Å². The second-order valence-corrected chi connectivity index (χ2v) is 7.96. The maximum absolute atomic E-state index is 14.3. The molecule has 0 atom stereocenters. The molecule has 0 unspecified atom stereocenters. The molecule has 170 valence electrons. The number of nitrogens with zero attached hydrogens (tertiary/aromatic N) is 1. The molecule has 0 aromatic heterocycles. The molecule has 3 aromatic carbocycles. The molecule has 0 aliphatic carbocycles. The van der Waals surface area contributed by atoms with E-state index in [1.54, 1.807) is 6.07 Å². The third-order valence-electron chi connectivity index (χ3n) is 5.46. The zero-order valence-corrected chi connectivity index (χ0v) is 17.9. The van der Waals surface area contributed by atoms with Gasteiger partial charge in [-0.25, -0.2) is 17.6 Å². The molecular formula is C24H17ClF4N2O2. The van der Waals surface area contributed by atoms with Crippen molar-refractivity contribution in [2.45, 2.75) is 25.9 Å². The third-order valence-corrected chi connectivity index (χ3v) is 5.81. The van der Waals surface area contributed by atoms with E-state index in [4.69, 9.17) is 11.6 Å². The van der Waals surface area contributed by atoms with Gasteiger partial charge in [-0.3, -0.25) is 9.59 Å². The molecular weight excluding hydrogens is 460 g/mol. The summed E-state index contributed by atoms with van der Waals surface area (Å²) < 4.78 is 55.0. The van der Waals surface area contributed by atoms with E-state index in [0.29, 0.717) is 24.2 Å². The van der Waals surface area contributed by atoms with Crippen LogP contribution in [0.25, 0.3) is 0 Å². The summed E-state index contributed by atoms with van der Waals surface area (Å²) >= 11 is 6.11. The lowest BCUT2D eigenvalue weighted by molar-refractivity contribution is -0.119. The van der Waals surface area contributed by atoms with Gasteiger partial charge in [0.05, 0.1) is 6.54 Å². The second kappa shape index (κ2) is 9.23. The highest BCUT2D eigenvalue weighted by atomic mass is 35.5. The number of carbonyl (C=O) groups is 2. The highest BCUT2D eigenvalue weighted by Gasteiger charge is 2.27. The van der Waals surface area contributed by atoms with Crippen LogP contribution < -0.4 is 10.2 Å². The van der Waals surface area contributed by atoms with Gasteiger partial charge in [-0.15, -0.1) is 0 Å². The first-order chi connectivity index (χ1) is 15.7. The molecule has 0 bridgehead atoms. The highest BCUT2D eigenvalue weighted by molar-refractivity contribution is 6.31. The van der Waals surface area contributed by atoms with Crippen molar-refractivity contribution in [3.05, 3.63) is 99.1 Å². The molecule has 33 heavy (non-hydrogen) atoms. The fourth-order valence-electron chi connectivity index (χ4n) is 3.71. The van der Waals surface area contributed by atoms with Crippen LogP contribution >= 0.6 is 11.6 Å². The number of anilines is 1. The molecule has 4 rings (SSSR count). The number of fused-ring (bicyclic) bond motifs is 1. The summed E-state index contributed by atoms with van der Waals surface area (Å²) in [4.78, 5) is 26.6. The van der Waals surface area contributed by atoms with Crippen molar-refractivity contribution < 1.29 is 27.2 Å². The Morgan fingerprint density at radius 2 is 1.67 bits per heavy atom. The molecule has 1 heterocycles. The van der Waals surface area contributed by atoms with Gasteiger partial charge in [-0.05, 0) is 36.2 Å². The van der Waals surface area contributed by atoms with E-state index >= 15 is 0 Å². The van der Waals surface area contributed by atoms with Crippen molar-refractivity contribution in [1.82, 2.24) is 5.32 Å². The van der Waals surface area contributed by atoms with Gasteiger partial charge >= 0.3 is 0 Å². The molecule has 0 saturated carbocycles. The van der Waals surface area contributed by atoms with Crippen LogP contribution in [0.4, 0.5) is 23.2 Å². The van der Waals surface area contributed by atoms with Gasteiger partial charge in [0.25, 0.3) is 5.91 Å². The average molecular weight is 477 g/mol. The van der Waals surface area contributed by atoms with Crippen LogP contribution in [0.2, 0.25) is 5.02 Å². The lowest BCUT2D eigenvalue weighted by atomic mass is 9.98. The molecule has 1 N–H and O–H groups in total. The summed E-state index contributed by atoms with van der Waals surface area (Å²) in [5.41, 5.74) is 1.02. The van der Waals surface area contributed by atoms with Gasteiger partial charge in [0.1, 0.15) is 23.3 Å². The zero-order chi connectivity index (χ0) is 23.7. The van der Waals surface area contributed by atoms with Crippen molar-refractivity contribution >= 4 is 29.1 Å². The molecule has 9 heteroatoms. The quantitative estimate of drug-likeness (QED) is 0.508. The van der Waals surface area contributed by atoms with Crippen molar-refractivity contribution in [1.29, 1.82) is 0 Å². The Bertz CT molecular complexity index is 1220. The van der Waals surface area contributed by atoms with Gasteiger partial charge in [0.15, 0.2) is 0 Å². The van der Waals surface area contributed by atoms with Crippen molar-refractivity contribution in [3.63, 3.8) is 0 Å². The van der Waals surface area contributed by atoms with Gasteiger partial charge < -0.3 is 10.2 Å². The molecule has 3 aromatic rings. The van der Waals surface area contributed by atoms with Gasteiger partial charge in [0, 0.05) is 52.5 Å². The number of benzene rings is 3. The first kappa shape index (κ1) is 22.8. The maximum atomic E-state index is 14.3. The van der Waals surface area contributed by atoms with Gasteiger partial charge in [0.2, 0.25) is 5.91 Å². The Morgan fingerprint density at radius 1 is 0.939 bits per heavy atom. The zero-order valence-electron chi connectivity index (χ0n) is 17.1. The number of halogens is 5. The van der Waals surface area contributed by atoms with Crippen LogP contribution in [-0.4, -0.2) is 11.8 Å². The third kappa shape index (κ3) is 4.71. The summed E-state index contributed by atoms with van der Waals surface area (Å²) in [7, 11) is 0. The molecule has 2 amide bonds. The summed E-state index contributed by atoms with van der Waals surface area (Å²) in [6.45, 7) is -0.615. The van der Waals surface area contributed by atoms with Gasteiger partial charge in [-0.2, -0.15) is 0 Å². The highest BCUT2D eigenvalue weighted by Crippen LogP contribution is 2.32. The molecule has 0 radical (unpaired) electrons. The largest absolute Gasteiger partial charge is 0.348 e. The Morgan fingerprint density at radius 3 is 2.36 bits per heavy atom. The molecule has 0 saturated heterocycles. The van der Waals surface area contributed by atoms with Crippen molar-refractivity contribution in [2.75, 3.05) is 4.90 Å². The van der Waals surface area contributed by atoms with E-state index in [1.165, 1.54) is 35.2 Å². The minimum absolute atomic E-state index is 0.117. The summed E-state index contributed by atoms with van der Waals surface area (Å²) in [6, 6.07) is 9.94.